The van der Waals surface area contributed by atoms with Gasteiger partial charge in [0.25, 0.3) is 0 Å². The van der Waals surface area contributed by atoms with Crippen LogP contribution in [0.3, 0.4) is 0 Å². The van der Waals surface area contributed by atoms with Crippen LogP contribution in [0.5, 0.6) is 0 Å². The third-order valence-corrected chi connectivity index (χ3v) is 2.81. The van der Waals surface area contributed by atoms with E-state index in [2.05, 4.69) is 19.2 Å². The molecule has 1 heterocycles. The maximum Gasteiger partial charge on any atom is 0.328 e. The molecular formula is C13H25N3O. The first-order valence-corrected chi connectivity index (χ1v) is 6.53. The smallest absolute Gasteiger partial charge is 0.315 e. The lowest BCUT2D eigenvalue weighted by atomic mass is 10.3. The molecule has 1 rings (SSSR count). The van der Waals surface area contributed by atoms with Gasteiger partial charge in [0, 0.05) is 31.0 Å². The van der Waals surface area contributed by atoms with Gasteiger partial charge in [0.1, 0.15) is 0 Å². The molecule has 0 fully saturated rings. The molecule has 0 aliphatic rings. The van der Waals surface area contributed by atoms with Gasteiger partial charge in [0.2, 0.25) is 0 Å². The summed E-state index contributed by atoms with van der Waals surface area (Å²) in [5, 5.41) is 3.38. The Balaban J connectivity index is 2.35. The monoisotopic (exact) mass is 239 g/mol. The predicted octanol–water partition coefficient (Wildman–Crippen LogP) is 2.01. The summed E-state index contributed by atoms with van der Waals surface area (Å²) >= 11 is 0. The van der Waals surface area contributed by atoms with Gasteiger partial charge in [-0.25, -0.2) is 4.79 Å². The van der Waals surface area contributed by atoms with E-state index in [1.54, 1.807) is 9.13 Å². The molecule has 0 unspecified atom stereocenters. The molecule has 1 aromatic heterocycles. The number of hydrogen-bond acceptors (Lipinski definition) is 2. The Kier molecular flexibility index (Phi) is 5.48. The fraction of sp³-hybridized carbons (Fsp3) is 0.769. The van der Waals surface area contributed by atoms with Crippen LogP contribution < -0.4 is 11.0 Å². The second kappa shape index (κ2) is 6.64. The van der Waals surface area contributed by atoms with Gasteiger partial charge >= 0.3 is 5.69 Å². The van der Waals surface area contributed by atoms with Crippen LogP contribution in [0.4, 0.5) is 0 Å². The van der Waals surface area contributed by atoms with E-state index in [9.17, 15) is 4.79 Å². The van der Waals surface area contributed by atoms with Crippen LogP contribution in [-0.4, -0.2) is 21.7 Å². The normalized spacial score (nSPS) is 11.6. The molecule has 0 saturated heterocycles. The first kappa shape index (κ1) is 14.0. The molecule has 0 aliphatic carbocycles. The molecule has 0 aliphatic heterocycles. The Morgan fingerprint density at radius 2 is 1.88 bits per heavy atom. The van der Waals surface area contributed by atoms with Crippen molar-refractivity contribution in [1.29, 1.82) is 0 Å². The minimum Gasteiger partial charge on any atom is -0.315 e. The quantitative estimate of drug-likeness (QED) is 0.739. The van der Waals surface area contributed by atoms with Crippen LogP contribution in [0.1, 0.15) is 46.6 Å². The molecule has 0 aromatic carbocycles. The number of hydrogen-bond donors (Lipinski definition) is 1. The number of nitrogens with zero attached hydrogens (tertiary/aromatic N) is 2. The molecule has 0 amide bonds. The highest BCUT2D eigenvalue weighted by molar-refractivity contribution is 4.83. The van der Waals surface area contributed by atoms with Crippen LogP contribution in [0.2, 0.25) is 0 Å². The van der Waals surface area contributed by atoms with Crippen molar-refractivity contribution in [1.82, 2.24) is 14.5 Å². The van der Waals surface area contributed by atoms with E-state index in [1.165, 1.54) is 0 Å². The highest BCUT2D eigenvalue weighted by Gasteiger charge is 2.05. The maximum absolute atomic E-state index is 11.9. The molecule has 1 aromatic rings. The summed E-state index contributed by atoms with van der Waals surface area (Å²) in [7, 11) is 0. The van der Waals surface area contributed by atoms with Crippen molar-refractivity contribution < 1.29 is 0 Å². The Morgan fingerprint density at radius 1 is 1.18 bits per heavy atom. The van der Waals surface area contributed by atoms with Gasteiger partial charge in [-0.05, 0) is 33.2 Å². The molecular weight excluding hydrogens is 214 g/mol. The highest BCUT2D eigenvalue weighted by Crippen LogP contribution is 2.00. The van der Waals surface area contributed by atoms with Crippen LogP contribution >= 0.6 is 0 Å². The minimum atomic E-state index is 0.108. The summed E-state index contributed by atoms with van der Waals surface area (Å²) in [6.07, 6.45) is 5.91. The van der Waals surface area contributed by atoms with Crippen molar-refractivity contribution in [2.45, 2.75) is 59.2 Å². The number of nitrogens with one attached hydrogen (secondary N) is 1. The Bertz CT molecular complexity index is 376. The Labute approximate surface area is 104 Å². The van der Waals surface area contributed by atoms with Gasteiger partial charge in [-0.15, -0.1) is 0 Å². The van der Waals surface area contributed by atoms with Crippen LogP contribution in [-0.2, 0) is 6.54 Å². The molecule has 1 N–H and O–H groups in total. The zero-order valence-corrected chi connectivity index (χ0v) is 11.4. The van der Waals surface area contributed by atoms with Crippen molar-refractivity contribution in [2.24, 2.45) is 0 Å². The molecule has 98 valence electrons. The topological polar surface area (TPSA) is 39.0 Å². The number of unbranched alkanes of at least 4 members (excludes halogenated alkanes) is 1. The van der Waals surface area contributed by atoms with E-state index >= 15 is 0 Å². The summed E-state index contributed by atoms with van der Waals surface area (Å²) in [6.45, 7) is 10.2. The van der Waals surface area contributed by atoms with E-state index in [-0.39, 0.29) is 11.7 Å². The predicted molar refractivity (Wildman–Crippen MR) is 71.4 cm³/mol. The summed E-state index contributed by atoms with van der Waals surface area (Å²) in [5.74, 6) is 0. The average molecular weight is 239 g/mol. The standard InChI is InChI=1S/C13H25N3O/c1-11(2)14-7-5-6-8-15-9-10-16(12(3)4)13(15)17/h9-12,14H,5-8H2,1-4H3. The van der Waals surface area contributed by atoms with Gasteiger partial charge in [-0.1, -0.05) is 13.8 Å². The first-order valence-electron chi connectivity index (χ1n) is 6.53. The van der Waals surface area contributed by atoms with E-state index in [1.807, 2.05) is 26.2 Å². The lowest BCUT2D eigenvalue weighted by Gasteiger charge is -2.08. The molecule has 0 spiro atoms. The fourth-order valence-corrected chi connectivity index (χ4v) is 1.79. The minimum absolute atomic E-state index is 0.108. The van der Waals surface area contributed by atoms with Crippen LogP contribution in [0, 0.1) is 0 Å². The molecule has 17 heavy (non-hydrogen) atoms. The van der Waals surface area contributed by atoms with Crippen molar-refractivity contribution in [3.05, 3.63) is 22.9 Å². The van der Waals surface area contributed by atoms with Crippen molar-refractivity contribution in [3.8, 4) is 0 Å². The van der Waals surface area contributed by atoms with Crippen molar-refractivity contribution >= 4 is 0 Å². The van der Waals surface area contributed by atoms with Crippen molar-refractivity contribution in [3.63, 3.8) is 0 Å². The van der Waals surface area contributed by atoms with Gasteiger partial charge in [0.05, 0.1) is 0 Å². The highest BCUT2D eigenvalue weighted by atomic mass is 16.1. The van der Waals surface area contributed by atoms with Crippen molar-refractivity contribution in [2.75, 3.05) is 6.54 Å². The van der Waals surface area contributed by atoms with E-state index in [0.717, 1.165) is 25.9 Å². The lowest BCUT2D eigenvalue weighted by molar-refractivity contribution is 0.511. The Hall–Kier alpha value is -1.03. The fourth-order valence-electron chi connectivity index (χ4n) is 1.79. The summed E-state index contributed by atoms with van der Waals surface area (Å²) < 4.78 is 3.57. The summed E-state index contributed by atoms with van der Waals surface area (Å²) in [6, 6.07) is 0.783. The molecule has 4 heteroatoms. The molecule has 0 radical (unpaired) electrons. The second-order valence-corrected chi connectivity index (χ2v) is 5.09. The molecule has 0 atom stereocenters. The van der Waals surface area contributed by atoms with E-state index < -0.39 is 0 Å². The second-order valence-electron chi connectivity index (χ2n) is 5.09. The van der Waals surface area contributed by atoms with E-state index in [0.29, 0.717) is 6.04 Å². The molecule has 0 saturated carbocycles. The van der Waals surface area contributed by atoms with Gasteiger partial charge in [-0.2, -0.15) is 0 Å². The van der Waals surface area contributed by atoms with Crippen LogP contribution in [0.15, 0.2) is 17.2 Å². The average Bonchev–Trinajstić information content (AvgIpc) is 2.59. The third kappa shape index (κ3) is 4.38. The first-order chi connectivity index (χ1) is 8.02. The summed E-state index contributed by atoms with van der Waals surface area (Å²) in [4.78, 5) is 11.9. The van der Waals surface area contributed by atoms with Gasteiger partial charge in [0.15, 0.2) is 0 Å². The van der Waals surface area contributed by atoms with E-state index in [4.69, 9.17) is 0 Å². The molecule has 4 nitrogen and oxygen atoms in total. The van der Waals surface area contributed by atoms with Crippen LogP contribution in [0.25, 0.3) is 0 Å². The van der Waals surface area contributed by atoms with Gasteiger partial charge in [-0.3, -0.25) is 9.13 Å². The number of aromatic nitrogens is 2. The Morgan fingerprint density at radius 3 is 2.41 bits per heavy atom. The maximum atomic E-state index is 11.9. The summed E-state index contributed by atoms with van der Waals surface area (Å²) in [5.41, 5.74) is 0.108. The third-order valence-electron chi connectivity index (χ3n) is 2.81. The zero-order valence-electron chi connectivity index (χ0n) is 11.4. The zero-order chi connectivity index (χ0) is 12.8. The SMILES string of the molecule is CC(C)NCCCCn1ccn(C(C)C)c1=O. The largest absolute Gasteiger partial charge is 0.328 e. The lowest BCUT2D eigenvalue weighted by Crippen LogP contribution is -2.26. The number of aryl methyl sites for hydroxylation is 1. The molecule has 0 bridgehead atoms. The number of imidazole rings is 1. The number of rotatable bonds is 7. The van der Waals surface area contributed by atoms with Gasteiger partial charge < -0.3 is 5.32 Å².